The zero-order chi connectivity index (χ0) is 16.7. The number of hydrogen-bond donors (Lipinski definition) is 1. The number of fused-ring (bicyclic) bond motifs is 3. The highest BCUT2D eigenvalue weighted by molar-refractivity contribution is 14.1. The Hall–Kier alpha value is -0.790. The maximum Gasteiger partial charge on any atom is 0.130 e. The Morgan fingerprint density at radius 1 is 1.38 bits per heavy atom. The van der Waals surface area contributed by atoms with Crippen molar-refractivity contribution in [3.8, 4) is 0 Å². The monoisotopic (exact) mass is 457 g/mol. The minimum atomic E-state index is 0.133. The first kappa shape index (κ1) is 16.7. The molecule has 0 saturated carbocycles. The average molecular weight is 458 g/mol. The molecular formula is C18H21ClIN3O. The number of ether oxygens (including phenoxy) is 1. The number of aromatic nitrogens is 1. The van der Waals surface area contributed by atoms with Crippen molar-refractivity contribution in [2.75, 3.05) is 32.1 Å². The summed E-state index contributed by atoms with van der Waals surface area (Å²) in [6.45, 7) is 3.14. The van der Waals surface area contributed by atoms with Gasteiger partial charge in [0.1, 0.15) is 11.6 Å². The van der Waals surface area contributed by atoms with Gasteiger partial charge >= 0.3 is 0 Å². The zero-order valence-electron chi connectivity index (χ0n) is 13.6. The van der Waals surface area contributed by atoms with Crippen LogP contribution in [0.5, 0.6) is 0 Å². The Bertz CT molecular complexity index is 698. The van der Waals surface area contributed by atoms with Crippen LogP contribution in [0, 0.1) is 5.92 Å². The number of halogens is 2. The third kappa shape index (κ3) is 3.18. The van der Waals surface area contributed by atoms with Gasteiger partial charge in [-0.2, -0.15) is 0 Å². The maximum absolute atomic E-state index is 6.25. The maximum atomic E-state index is 6.25. The molecule has 1 aromatic rings. The van der Waals surface area contributed by atoms with Gasteiger partial charge in [-0.1, -0.05) is 11.6 Å². The molecule has 1 saturated heterocycles. The molecule has 6 heteroatoms. The molecule has 2 aliphatic heterocycles. The van der Waals surface area contributed by atoms with Crippen LogP contribution in [0.1, 0.15) is 24.3 Å². The molecule has 128 valence electrons. The average Bonchev–Trinajstić information content (AvgIpc) is 2.95. The lowest BCUT2D eigenvalue weighted by Gasteiger charge is -2.31. The molecule has 2 unspecified atom stereocenters. The highest BCUT2D eigenvalue weighted by Crippen LogP contribution is 2.47. The van der Waals surface area contributed by atoms with Crippen molar-refractivity contribution in [3.05, 3.63) is 44.3 Å². The number of rotatable bonds is 3. The number of piperidine rings is 1. The van der Waals surface area contributed by atoms with Crippen LogP contribution in [0.3, 0.4) is 0 Å². The molecule has 1 aliphatic carbocycles. The third-order valence-electron chi connectivity index (χ3n) is 5.18. The lowest BCUT2D eigenvalue weighted by molar-refractivity contribution is 0.109. The van der Waals surface area contributed by atoms with Crippen LogP contribution >= 0.6 is 34.2 Å². The van der Waals surface area contributed by atoms with Crippen LogP contribution in [-0.2, 0) is 4.74 Å². The van der Waals surface area contributed by atoms with Gasteiger partial charge in [0.15, 0.2) is 0 Å². The fourth-order valence-electron chi connectivity index (χ4n) is 3.72. The van der Waals surface area contributed by atoms with Crippen molar-refractivity contribution >= 4 is 40.0 Å². The molecule has 0 spiro atoms. The van der Waals surface area contributed by atoms with E-state index in [1.54, 1.807) is 6.20 Å². The van der Waals surface area contributed by atoms with E-state index in [2.05, 4.69) is 57.0 Å². The Labute approximate surface area is 161 Å². The minimum Gasteiger partial charge on any atom is -0.495 e. The molecule has 0 radical (unpaired) electrons. The molecule has 1 fully saturated rings. The summed E-state index contributed by atoms with van der Waals surface area (Å²) < 4.78 is 7.54. The second-order valence-electron chi connectivity index (χ2n) is 6.87. The molecule has 1 N–H and O–H groups in total. The molecule has 3 aliphatic rings. The van der Waals surface area contributed by atoms with Gasteiger partial charge in [0, 0.05) is 21.3 Å². The van der Waals surface area contributed by atoms with Crippen LogP contribution in [0.2, 0.25) is 5.02 Å². The first-order valence-corrected chi connectivity index (χ1v) is 9.88. The van der Waals surface area contributed by atoms with E-state index in [4.69, 9.17) is 16.3 Å². The van der Waals surface area contributed by atoms with Gasteiger partial charge in [-0.3, -0.25) is 0 Å². The van der Waals surface area contributed by atoms with E-state index in [0.29, 0.717) is 10.9 Å². The Morgan fingerprint density at radius 3 is 2.96 bits per heavy atom. The number of nitrogens with one attached hydrogen (secondary N) is 1. The first-order valence-electron chi connectivity index (χ1n) is 8.42. The summed E-state index contributed by atoms with van der Waals surface area (Å²) in [6.07, 6.45) is 8.40. The van der Waals surface area contributed by atoms with Gasteiger partial charge in [-0.25, -0.2) is 4.98 Å². The van der Waals surface area contributed by atoms with Crippen molar-refractivity contribution in [2.45, 2.75) is 24.8 Å². The predicted molar refractivity (Wildman–Crippen MR) is 106 cm³/mol. The van der Waals surface area contributed by atoms with Crippen LogP contribution < -0.4 is 5.32 Å². The molecule has 2 atom stereocenters. The quantitative estimate of drug-likeness (QED) is 0.691. The molecule has 4 nitrogen and oxygen atoms in total. The van der Waals surface area contributed by atoms with E-state index in [-0.39, 0.29) is 12.0 Å². The van der Waals surface area contributed by atoms with Crippen LogP contribution in [0.4, 0.5) is 5.82 Å². The largest absolute Gasteiger partial charge is 0.495 e. The van der Waals surface area contributed by atoms with Crippen molar-refractivity contribution in [1.29, 1.82) is 0 Å². The Morgan fingerprint density at radius 2 is 2.17 bits per heavy atom. The Balaban J connectivity index is 1.48. The molecule has 4 rings (SSSR count). The second kappa shape index (κ2) is 6.84. The lowest BCUT2D eigenvalue weighted by atomic mass is 9.91. The summed E-state index contributed by atoms with van der Waals surface area (Å²) in [6, 6.07) is 2.16. The molecule has 1 aromatic heterocycles. The van der Waals surface area contributed by atoms with Gasteiger partial charge in [0.25, 0.3) is 0 Å². The smallest absolute Gasteiger partial charge is 0.130 e. The fraction of sp³-hybridized carbons (Fsp3) is 0.500. The number of pyridine rings is 1. The Kier molecular flexibility index (Phi) is 4.75. The summed E-state index contributed by atoms with van der Waals surface area (Å²) in [5.41, 5.74) is 1.17. The summed E-state index contributed by atoms with van der Waals surface area (Å²) in [4.78, 5) is 6.84. The first-order chi connectivity index (χ1) is 11.6. The highest BCUT2D eigenvalue weighted by Gasteiger charge is 2.40. The van der Waals surface area contributed by atoms with Gasteiger partial charge in [-0.15, -0.1) is 0 Å². The van der Waals surface area contributed by atoms with E-state index < -0.39 is 0 Å². The summed E-state index contributed by atoms with van der Waals surface area (Å²) in [7, 11) is 2.19. The summed E-state index contributed by atoms with van der Waals surface area (Å²) in [5, 5.41) is 4.21. The highest BCUT2D eigenvalue weighted by atomic mass is 127. The van der Waals surface area contributed by atoms with Gasteiger partial charge in [0.05, 0.1) is 17.7 Å². The summed E-state index contributed by atoms with van der Waals surface area (Å²) in [5.74, 6) is 2.85. The molecule has 0 amide bonds. The van der Waals surface area contributed by atoms with Gasteiger partial charge in [0.2, 0.25) is 0 Å². The SMILES string of the molecule is CN1CCC(COC2=CC=C(I)C3c4cc(Cl)cnc4NC23)CC1. The summed E-state index contributed by atoms with van der Waals surface area (Å²) >= 11 is 8.56. The number of nitrogens with zero attached hydrogens (tertiary/aromatic N) is 2. The topological polar surface area (TPSA) is 37.4 Å². The number of anilines is 1. The molecule has 0 bridgehead atoms. The van der Waals surface area contributed by atoms with E-state index in [1.165, 1.54) is 35.1 Å². The number of likely N-dealkylation sites (tertiary alicyclic amines) is 1. The molecule has 0 aromatic carbocycles. The van der Waals surface area contributed by atoms with Gasteiger partial charge < -0.3 is 15.0 Å². The minimum absolute atomic E-state index is 0.133. The second-order valence-corrected chi connectivity index (χ2v) is 8.55. The number of hydrogen-bond acceptors (Lipinski definition) is 4. The normalized spacial score (nSPS) is 27.0. The lowest BCUT2D eigenvalue weighted by Crippen LogP contribution is -2.33. The third-order valence-corrected chi connectivity index (χ3v) is 6.42. The zero-order valence-corrected chi connectivity index (χ0v) is 16.5. The standard InChI is InChI=1S/C18H21ClIN3O/c1-23-6-4-11(5-7-23)10-24-15-3-2-14(20)16-13-8-12(19)9-21-18(13)22-17(15)16/h2-3,8-9,11,16-17H,4-7,10H2,1H3,(H,21,22). The van der Waals surface area contributed by atoms with Crippen LogP contribution in [-0.4, -0.2) is 42.7 Å². The predicted octanol–water partition coefficient (Wildman–Crippen LogP) is 4.19. The number of allylic oxidation sites excluding steroid dienone is 2. The van der Waals surface area contributed by atoms with Crippen molar-refractivity contribution in [2.24, 2.45) is 5.92 Å². The van der Waals surface area contributed by atoms with Gasteiger partial charge in [-0.05, 0) is 79.7 Å². The van der Waals surface area contributed by atoms with Crippen LogP contribution in [0.25, 0.3) is 0 Å². The fourth-order valence-corrected chi connectivity index (χ4v) is 4.76. The van der Waals surface area contributed by atoms with Crippen molar-refractivity contribution in [1.82, 2.24) is 9.88 Å². The van der Waals surface area contributed by atoms with Crippen LogP contribution in [0.15, 0.2) is 33.8 Å². The van der Waals surface area contributed by atoms with E-state index in [0.717, 1.165) is 18.2 Å². The molecule has 24 heavy (non-hydrogen) atoms. The van der Waals surface area contributed by atoms with Crippen molar-refractivity contribution in [3.63, 3.8) is 0 Å². The van der Waals surface area contributed by atoms with E-state index in [9.17, 15) is 0 Å². The van der Waals surface area contributed by atoms with Crippen molar-refractivity contribution < 1.29 is 4.74 Å². The molecular weight excluding hydrogens is 437 g/mol. The van der Waals surface area contributed by atoms with E-state index >= 15 is 0 Å². The van der Waals surface area contributed by atoms with E-state index in [1.807, 2.05) is 6.07 Å². The molecule has 3 heterocycles.